The Labute approximate surface area is 146 Å². The van der Waals surface area contributed by atoms with Gasteiger partial charge >= 0.3 is 6.01 Å². The normalized spacial score (nSPS) is 16.8. The molecule has 1 unspecified atom stereocenters. The van der Waals surface area contributed by atoms with E-state index in [1.54, 1.807) is 6.07 Å². The SMILES string of the molecule is CC(CC(=O)N1CCC(c2nnc(N)o2)CC1)Cc1cccc(F)c1. The van der Waals surface area contributed by atoms with Crippen LogP contribution in [-0.4, -0.2) is 34.1 Å². The lowest BCUT2D eigenvalue weighted by molar-refractivity contribution is -0.133. The maximum Gasteiger partial charge on any atom is 0.312 e. The van der Waals surface area contributed by atoms with E-state index in [1.165, 1.54) is 12.1 Å². The number of rotatable bonds is 5. The summed E-state index contributed by atoms with van der Waals surface area (Å²) in [5, 5.41) is 7.62. The average molecular weight is 346 g/mol. The van der Waals surface area contributed by atoms with E-state index >= 15 is 0 Å². The minimum atomic E-state index is -0.236. The Morgan fingerprint density at radius 3 is 2.80 bits per heavy atom. The van der Waals surface area contributed by atoms with Crippen molar-refractivity contribution in [1.82, 2.24) is 15.1 Å². The van der Waals surface area contributed by atoms with Crippen molar-refractivity contribution in [3.8, 4) is 0 Å². The quantitative estimate of drug-likeness (QED) is 0.900. The van der Waals surface area contributed by atoms with Crippen LogP contribution in [0, 0.1) is 11.7 Å². The zero-order valence-electron chi connectivity index (χ0n) is 14.3. The number of carbonyl (C=O) groups excluding carboxylic acids is 1. The molecule has 25 heavy (non-hydrogen) atoms. The van der Waals surface area contributed by atoms with Gasteiger partial charge in [-0.1, -0.05) is 24.2 Å². The van der Waals surface area contributed by atoms with Gasteiger partial charge in [0.25, 0.3) is 0 Å². The van der Waals surface area contributed by atoms with Gasteiger partial charge in [-0.3, -0.25) is 4.79 Å². The summed E-state index contributed by atoms with van der Waals surface area (Å²) in [6.07, 6.45) is 2.76. The molecule has 6 nitrogen and oxygen atoms in total. The van der Waals surface area contributed by atoms with E-state index in [9.17, 15) is 9.18 Å². The molecule has 0 spiro atoms. The number of hydrogen-bond donors (Lipinski definition) is 1. The minimum Gasteiger partial charge on any atom is -0.408 e. The fourth-order valence-electron chi connectivity index (χ4n) is 3.35. The highest BCUT2D eigenvalue weighted by molar-refractivity contribution is 5.76. The van der Waals surface area contributed by atoms with Crippen LogP contribution in [0.2, 0.25) is 0 Å². The number of benzene rings is 1. The Bertz CT molecular complexity index is 725. The number of amides is 1. The van der Waals surface area contributed by atoms with Crippen LogP contribution in [0.4, 0.5) is 10.4 Å². The van der Waals surface area contributed by atoms with Gasteiger partial charge in [-0.25, -0.2) is 4.39 Å². The number of piperidine rings is 1. The maximum atomic E-state index is 13.2. The average Bonchev–Trinajstić information content (AvgIpc) is 3.01. The fourth-order valence-corrected chi connectivity index (χ4v) is 3.35. The molecule has 3 rings (SSSR count). The first-order valence-electron chi connectivity index (χ1n) is 8.62. The van der Waals surface area contributed by atoms with E-state index in [2.05, 4.69) is 10.2 Å². The van der Waals surface area contributed by atoms with Gasteiger partial charge < -0.3 is 15.1 Å². The first-order chi connectivity index (χ1) is 12.0. The number of nitrogen functional groups attached to an aromatic ring is 1. The fraction of sp³-hybridized carbons (Fsp3) is 0.500. The topological polar surface area (TPSA) is 85.2 Å². The lowest BCUT2D eigenvalue weighted by Crippen LogP contribution is -2.38. The van der Waals surface area contributed by atoms with Crippen molar-refractivity contribution >= 4 is 11.9 Å². The summed E-state index contributed by atoms with van der Waals surface area (Å²) in [5.74, 6) is 0.803. The summed E-state index contributed by atoms with van der Waals surface area (Å²) < 4.78 is 18.5. The molecule has 1 aliphatic rings. The van der Waals surface area contributed by atoms with Gasteiger partial charge in [0.05, 0.1) is 0 Å². The first-order valence-corrected chi connectivity index (χ1v) is 8.62. The maximum absolute atomic E-state index is 13.2. The molecule has 0 saturated carbocycles. The molecule has 1 aliphatic heterocycles. The van der Waals surface area contributed by atoms with Gasteiger partial charge in [0, 0.05) is 25.4 Å². The van der Waals surface area contributed by atoms with Crippen molar-refractivity contribution in [2.24, 2.45) is 5.92 Å². The third-order valence-corrected chi connectivity index (χ3v) is 4.65. The van der Waals surface area contributed by atoms with Gasteiger partial charge in [0.15, 0.2) is 0 Å². The summed E-state index contributed by atoms with van der Waals surface area (Å²) in [7, 11) is 0. The summed E-state index contributed by atoms with van der Waals surface area (Å²) in [4.78, 5) is 14.4. The molecule has 7 heteroatoms. The molecule has 2 N–H and O–H groups in total. The van der Waals surface area contributed by atoms with E-state index in [0.29, 0.717) is 31.8 Å². The third-order valence-electron chi connectivity index (χ3n) is 4.65. The second-order valence-electron chi connectivity index (χ2n) is 6.78. The predicted molar refractivity (Wildman–Crippen MR) is 91.2 cm³/mol. The van der Waals surface area contributed by atoms with Crippen molar-refractivity contribution in [1.29, 1.82) is 0 Å². The van der Waals surface area contributed by atoms with Crippen molar-refractivity contribution < 1.29 is 13.6 Å². The number of likely N-dealkylation sites (tertiary alicyclic amines) is 1. The van der Waals surface area contributed by atoms with Gasteiger partial charge in [-0.15, -0.1) is 5.10 Å². The summed E-state index contributed by atoms with van der Waals surface area (Å²) in [6, 6.07) is 6.64. The second kappa shape index (κ2) is 7.63. The number of nitrogens with two attached hydrogens (primary N) is 1. The van der Waals surface area contributed by atoms with Crippen molar-refractivity contribution in [3.05, 3.63) is 41.5 Å². The minimum absolute atomic E-state index is 0.0830. The summed E-state index contributed by atoms with van der Waals surface area (Å²) >= 11 is 0. The first kappa shape index (κ1) is 17.4. The van der Waals surface area contributed by atoms with Crippen molar-refractivity contribution in [2.75, 3.05) is 18.8 Å². The Morgan fingerprint density at radius 1 is 1.40 bits per heavy atom. The van der Waals surface area contributed by atoms with E-state index in [1.807, 2.05) is 17.9 Å². The smallest absolute Gasteiger partial charge is 0.312 e. The molecular weight excluding hydrogens is 323 g/mol. The molecule has 1 aromatic heterocycles. The third kappa shape index (κ3) is 4.55. The number of halogens is 1. The Morgan fingerprint density at radius 2 is 2.16 bits per heavy atom. The van der Waals surface area contributed by atoms with Crippen LogP contribution in [0.25, 0.3) is 0 Å². The molecule has 1 fully saturated rings. The van der Waals surface area contributed by atoms with Gasteiger partial charge in [-0.2, -0.15) is 0 Å². The molecule has 1 atom stereocenters. The summed E-state index contributed by atoms with van der Waals surface area (Å²) in [6.45, 7) is 3.38. The highest BCUT2D eigenvalue weighted by Gasteiger charge is 2.27. The molecule has 0 bridgehead atoms. The number of hydrogen-bond acceptors (Lipinski definition) is 5. The molecule has 0 radical (unpaired) electrons. The van der Waals surface area contributed by atoms with Crippen LogP contribution in [0.15, 0.2) is 28.7 Å². The van der Waals surface area contributed by atoms with Crippen LogP contribution in [-0.2, 0) is 11.2 Å². The molecule has 2 aromatic rings. The van der Waals surface area contributed by atoms with Crippen LogP contribution in [0.1, 0.15) is 43.6 Å². The zero-order chi connectivity index (χ0) is 17.8. The molecule has 1 amide bonds. The lowest BCUT2D eigenvalue weighted by atomic mass is 9.94. The van der Waals surface area contributed by atoms with E-state index in [0.717, 1.165) is 18.4 Å². The molecule has 0 aliphatic carbocycles. The monoisotopic (exact) mass is 346 g/mol. The van der Waals surface area contributed by atoms with Gasteiger partial charge in [0.2, 0.25) is 11.8 Å². The number of nitrogens with zero attached hydrogens (tertiary/aromatic N) is 3. The van der Waals surface area contributed by atoms with E-state index < -0.39 is 0 Å². The van der Waals surface area contributed by atoms with Crippen LogP contribution < -0.4 is 5.73 Å². The Balaban J connectivity index is 1.47. The largest absolute Gasteiger partial charge is 0.408 e. The van der Waals surface area contributed by atoms with Crippen LogP contribution in [0.3, 0.4) is 0 Å². The Kier molecular flexibility index (Phi) is 5.31. The van der Waals surface area contributed by atoms with E-state index in [4.69, 9.17) is 10.2 Å². The predicted octanol–water partition coefficient (Wildman–Crippen LogP) is 2.77. The van der Waals surface area contributed by atoms with Crippen LogP contribution >= 0.6 is 0 Å². The van der Waals surface area contributed by atoms with E-state index in [-0.39, 0.29) is 29.6 Å². The summed E-state index contributed by atoms with van der Waals surface area (Å²) in [5.41, 5.74) is 6.38. The molecule has 134 valence electrons. The highest BCUT2D eigenvalue weighted by atomic mass is 19.1. The van der Waals surface area contributed by atoms with Crippen LogP contribution in [0.5, 0.6) is 0 Å². The van der Waals surface area contributed by atoms with Gasteiger partial charge in [0.1, 0.15) is 5.82 Å². The highest BCUT2D eigenvalue weighted by Crippen LogP contribution is 2.28. The zero-order valence-corrected chi connectivity index (χ0v) is 14.3. The standard InChI is InChI=1S/C18H23FN4O2/c1-12(9-13-3-2-4-15(19)11-13)10-16(24)23-7-5-14(6-8-23)17-21-22-18(20)25-17/h2-4,11-12,14H,5-10H2,1H3,(H2,20,22). The second-order valence-corrected chi connectivity index (χ2v) is 6.78. The van der Waals surface area contributed by atoms with Gasteiger partial charge in [-0.05, 0) is 42.9 Å². The number of aromatic nitrogens is 2. The Hall–Kier alpha value is -2.44. The molecule has 1 saturated heterocycles. The number of carbonyl (C=O) groups is 1. The molecular formula is C18H23FN4O2. The lowest BCUT2D eigenvalue weighted by Gasteiger charge is -2.31. The van der Waals surface area contributed by atoms with Crippen molar-refractivity contribution in [3.63, 3.8) is 0 Å². The van der Waals surface area contributed by atoms with Crippen molar-refractivity contribution in [2.45, 2.75) is 38.5 Å². The molecule has 2 heterocycles. The molecule has 1 aromatic carbocycles. The number of anilines is 1.